The number of carbonyl (C=O) groups is 1. The molecule has 0 saturated carbocycles. The minimum atomic E-state index is -0.735. The van der Waals surface area contributed by atoms with Gasteiger partial charge in [-0.15, -0.1) is 5.10 Å². The molecule has 3 heterocycles. The van der Waals surface area contributed by atoms with Crippen molar-refractivity contribution in [3.05, 3.63) is 22.1 Å². The summed E-state index contributed by atoms with van der Waals surface area (Å²) in [6.45, 7) is 7.33. The first kappa shape index (κ1) is 15.9. The van der Waals surface area contributed by atoms with E-state index in [9.17, 15) is 9.59 Å². The summed E-state index contributed by atoms with van der Waals surface area (Å²) in [7, 11) is 0. The summed E-state index contributed by atoms with van der Waals surface area (Å²) in [5.74, 6) is -1.02. The Balaban J connectivity index is 1.91. The third-order valence-electron chi connectivity index (χ3n) is 4.12. The maximum absolute atomic E-state index is 12.3. The summed E-state index contributed by atoms with van der Waals surface area (Å²) in [5, 5.41) is 14.2. The monoisotopic (exact) mass is 336 g/mol. The molecular formula is C15H20N4O3S. The van der Waals surface area contributed by atoms with Gasteiger partial charge >= 0.3 is 5.97 Å². The Bertz CT molecular complexity index is 797. The normalized spacial score (nSPS) is 16.9. The van der Waals surface area contributed by atoms with Gasteiger partial charge in [-0.2, -0.15) is 4.52 Å². The molecular weight excluding hydrogens is 316 g/mol. The second-order valence-corrected chi connectivity index (χ2v) is 7.84. The molecule has 0 aliphatic carbocycles. The van der Waals surface area contributed by atoms with E-state index in [0.717, 1.165) is 10.8 Å². The molecule has 1 aliphatic rings. The molecule has 0 aromatic carbocycles. The van der Waals surface area contributed by atoms with Crippen molar-refractivity contribution in [3.63, 3.8) is 0 Å². The molecule has 0 atom stereocenters. The molecule has 0 spiro atoms. The zero-order valence-electron chi connectivity index (χ0n) is 13.4. The van der Waals surface area contributed by atoms with Gasteiger partial charge < -0.3 is 10.0 Å². The smallest absolute Gasteiger partial charge is 0.306 e. The van der Waals surface area contributed by atoms with E-state index in [-0.39, 0.29) is 16.9 Å². The number of aliphatic carboxylic acids is 1. The lowest BCUT2D eigenvalue weighted by atomic mass is 9.92. The fourth-order valence-corrected chi connectivity index (χ4v) is 3.59. The third kappa shape index (κ3) is 3.08. The van der Waals surface area contributed by atoms with Crippen LogP contribution in [0.3, 0.4) is 0 Å². The molecule has 1 N–H and O–H groups in total. The maximum atomic E-state index is 12.3. The van der Waals surface area contributed by atoms with E-state index in [1.807, 2.05) is 25.7 Å². The summed E-state index contributed by atoms with van der Waals surface area (Å²) in [6, 6.07) is 1.53. The first-order chi connectivity index (χ1) is 10.8. The fraction of sp³-hybridized carbons (Fsp3) is 0.600. The van der Waals surface area contributed by atoms with Crippen molar-refractivity contribution in [2.45, 2.75) is 39.0 Å². The van der Waals surface area contributed by atoms with E-state index in [2.05, 4.69) is 10.1 Å². The second-order valence-electron chi connectivity index (χ2n) is 6.91. The average Bonchev–Trinajstić information content (AvgIpc) is 2.91. The highest BCUT2D eigenvalue weighted by Gasteiger charge is 2.27. The fourth-order valence-electron chi connectivity index (χ4n) is 2.63. The Labute approximate surface area is 137 Å². The molecule has 0 amide bonds. The standard InChI is InChI=1S/C15H20N4O3S/c1-15(2,3)10-8-11(20)19-13(16-10)23-14(17-19)18-6-4-9(5-7-18)12(21)22/h8-9H,4-7H2,1-3H3,(H,21,22). The minimum absolute atomic E-state index is 0.178. The number of piperidine rings is 1. The molecule has 2 aromatic heterocycles. The van der Waals surface area contributed by atoms with Gasteiger partial charge in [0.05, 0.1) is 11.6 Å². The molecule has 7 nitrogen and oxygen atoms in total. The number of carboxylic acids is 1. The van der Waals surface area contributed by atoms with Gasteiger partial charge in [0, 0.05) is 24.6 Å². The molecule has 2 aromatic rings. The predicted octanol–water partition coefficient (Wildman–Crippen LogP) is 1.75. The lowest BCUT2D eigenvalue weighted by molar-refractivity contribution is -0.142. The van der Waals surface area contributed by atoms with Crippen LogP contribution in [0, 0.1) is 5.92 Å². The topological polar surface area (TPSA) is 87.8 Å². The van der Waals surface area contributed by atoms with Gasteiger partial charge in [-0.3, -0.25) is 9.59 Å². The van der Waals surface area contributed by atoms with Gasteiger partial charge in [0.15, 0.2) is 0 Å². The second kappa shape index (κ2) is 5.59. The van der Waals surface area contributed by atoms with Crippen LogP contribution >= 0.6 is 11.3 Å². The number of fused-ring (bicyclic) bond motifs is 1. The highest BCUT2D eigenvalue weighted by atomic mass is 32.1. The Morgan fingerprint density at radius 1 is 1.35 bits per heavy atom. The van der Waals surface area contributed by atoms with Gasteiger partial charge in [-0.25, -0.2) is 4.98 Å². The molecule has 3 rings (SSSR count). The third-order valence-corrected chi connectivity index (χ3v) is 5.09. The van der Waals surface area contributed by atoms with E-state index in [1.54, 1.807) is 0 Å². The molecule has 124 valence electrons. The van der Waals surface area contributed by atoms with E-state index in [4.69, 9.17) is 5.11 Å². The van der Waals surface area contributed by atoms with Crippen molar-refractivity contribution in [1.29, 1.82) is 0 Å². The molecule has 1 saturated heterocycles. The first-order valence-electron chi connectivity index (χ1n) is 7.65. The maximum Gasteiger partial charge on any atom is 0.306 e. The van der Waals surface area contributed by atoms with Gasteiger partial charge in [0.25, 0.3) is 5.56 Å². The lowest BCUT2D eigenvalue weighted by Crippen LogP contribution is -2.36. The predicted molar refractivity (Wildman–Crippen MR) is 88.4 cm³/mol. The molecule has 23 heavy (non-hydrogen) atoms. The summed E-state index contributed by atoms with van der Waals surface area (Å²) < 4.78 is 1.33. The zero-order chi connectivity index (χ0) is 16.8. The van der Waals surface area contributed by atoms with Crippen molar-refractivity contribution in [2.24, 2.45) is 5.92 Å². The van der Waals surface area contributed by atoms with Crippen LogP contribution in [-0.4, -0.2) is 38.8 Å². The van der Waals surface area contributed by atoms with Crippen molar-refractivity contribution in [2.75, 3.05) is 18.0 Å². The number of nitrogens with zero attached hydrogens (tertiary/aromatic N) is 4. The van der Waals surface area contributed by atoms with Crippen LogP contribution in [0.4, 0.5) is 5.13 Å². The number of rotatable bonds is 2. The average molecular weight is 336 g/mol. The van der Waals surface area contributed by atoms with Gasteiger partial charge in [-0.05, 0) is 12.8 Å². The molecule has 1 fully saturated rings. The number of hydrogen-bond donors (Lipinski definition) is 1. The van der Waals surface area contributed by atoms with Crippen molar-refractivity contribution >= 4 is 27.4 Å². The highest BCUT2D eigenvalue weighted by molar-refractivity contribution is 7.20. The highest BCUT2D eigenvalue weighted by Crippen LogP contribution is 2.28. The Morgan fingerprint density at radius 2 is 2.00 bits per heavy atom. The van der Waals surface area contributed by atoms with Crippen LogP contribution in [0.2, 0.25) is 0 Å². The minimum Gasteiger partial charge on any atom is -0.481 e. The molecule has 1 aliphatic heterocycles. The zero-order valence-corrected chi connectivity index (χ0v) is 14.3. The van der Waals surface area contributed by atoms with Crippen molar-refractivity contribution in [1.82, 2.24) is 14.6 Å². The Hall–Kier alpha value is -1.96. The Morgan fingerprint density at radius 3 is 2.57 bits per heavy atom. The number of anilines is 1. The molecule has 8 heteroatoms. The van der Waals surface area contributed by atoms with E-state index in [1.165, 1.54) is 21.9 Å². The van der Waals surface area contributed by atoms with Gasteiger partial charge in [0.1, 0.15) is 0 Å². The summed E-state index contributed by atoms with van der Waals surface area (Å²) >= 11 is 1.38. The van der Waals surface area contributed by atoms with Crippen LogP contribution in [0.25, 0.3) is 4.96 Å². The molecule has 0 bridgehead atoms. The van der Waals surface area contributed by atoms with Crippen molar-refractivity contribution in [3.8, 4) is 0 Å². The van der Waals surface area contributed by atoms with Crippen LogP contribution in [0.5, 0.6) is 0 Å². The van der Waals surface area contributed by atoms with Crippen molar-refractivity contribution < 1.29 is 9.90 Å². The summed E-state index contributed by atoms with van der Waals surface area (Å²) in [6.07, 6.45) is 1.20. The summed E-state index contributed by atoms with van der Waals surface area (Å²) in [5.41, 5.74) is 0.378. The molecule has 0 unspecified atom stereocenters. The van der Waals surface area contributed by atoms with Gasteiger partial charge in [0.2, 0.25) is 10.1 Å². The van der Waals surface area contributed by atoms with Crippen LogP contribution < -0.4 is 10.5 Å². The first-order valence-corrected chi connectivity index (χ1v) is 8.46. The SMILES string of the molecule is CC(C)(C)c1cc(=O)n2nc(N3CCC(C(=O)O)CC3)sc2n1. The number of carboxylic acid groups (broad SMARTS) is 1. The number of aromatic nitrogens is 3. The Kier molecular flexibility index (Phi) is 3.87. The largest absolute Gasteiger partial charge is 0.481 e. The lowest BCUT2D eigenvalue weighted by Gasteiger charge is -2.29. The van der Waals surface area contributed by atoms with E-state index >= 15 is 0 Å². The summed E-state index contributed by atoms with van der Waals surface area (Å²) in [4.78, 5) is 30.5. The van der Waals surface area contributed by atoms with Gasteiger partial charge in [-0.1, -0.05) is 32.1 Å². The van der Waals surface area contributed by atoms with E-state index < -0.39 is 5.97 Å². The van der Waals surface area contributed by atoms with Crippen LogP contribution in [0.1, 0.15) is 39.3 Å². The quantitative estimate of drug-likeness (QED) is 0.899. The molecule has 0 radical (unpaired) electrons. The number of hydrogen-bond acceptors (Lipinski definition) is 6. The van der Waals surface area contributed by atoms with Crippen LogP contribution in [0.15, 0.2) is 10.9 Å². The van der Waals surface area contributed by atoms with E-state index in [0.29, 0.717) is 30.9 Å². The van der Waals surface area contributed by atoms with Crippen LogP contribution in [-0.2, 0) is 10.2 Å².